The lowest BCUT2D eigenvalue weighted by molar-refractivity contribution is 0.446. The van der Waals surface area contributed by atoms with Crippen molar-refractivity contribution in [2.75, 3.05) is 4.90 Å². The molecule has 0 fully saturated rings. The highest BCUT2D eigenvalue weighted by Gasteiger charge is 2.23. The molecule has 164 valence electrons. The Morgan fingerprint density at radius 1 is 0.912 bits per heavy atom. The number of nitrogens with zero attached hydrogens (tertiary/aromatic N) is 1. The smallest absolute Gasteiger partial charge is 0.177 e. The van der Waals surface area contributed by atoms with Gasteiger partial charge in [0.2, 0.25) is 0 Å². The Kier molecular flexibility index (Phi) is 5.74. The molecule has 0 unspecified atom stereocenters. The van der Waals surface area contributed by atoms with Gasteiger partial charge < -0.3 is 9.64 Å². The van der Waals surface area contributed by atoms with Crippen molar-refractivity contribution < 1.29 is 4.74 Å². The average Bonchev–Trinajstić information content (AvgIpc) is 2.94. The van der Waals surface area contributed by atoms with E-state index in [2.05, 4.69) is 97.6 Å². The molecule has 2 heteroatoms. The standard InChI is InChI=1S/C32H25NO/c1-4-24(25-13-7-6-8-14-25)21-27(5-2)33-20-19-26-22-32(34-31-18-12-10-16-29(26)31)23(3)28-15-9-11-17-30(28)33/h4-21H,2-3H2,1H3/b20-19-,24-4+,27-21+. The quantitative estimate of drug-likeness (QED) is 0.300. The van der Waals surface area contributed by atoms with E-state index in [9.17, 15) is 0 Å². The molecule has 3 aromatic rings. The van der Waals surface area contributed by atoms with Gasteiger partial charge in [-0.3, -0.25) is 0 Å². The van der Waals surface area contributed by atoms with Crippen LogP contribution in [-0.4, -0.2) is 0 Å². The minimum absolute atomic E-state index is 0.634. The van der Waals surface area contributed by atoms with Crippen molar-refractivity contribution in [1.82, 2.24) is 0 Å². The number of fused-ring (bicyclic) bond motifs is 3. The van der Waals surface area contributed by atoms with Crippen LogP contribution in [0.5, 0.6) is 5.75 Å². The summed E-state index contributed by atoms with van der Waals surface area (Å²) < 4.78 is 6.21. The summed E-state index contributed by atoms with van der Waals surface area (Å²) >= 11 is 0. The maximum absolute atomic E-state index is 6.21. The van der Waals surface area contributed by atoms with Gasteiger partial charge in [-0.25, -0.2) is 0 Å². The summed E-state index contributed by atoms with van der Waals surface area (Å²) in [7, 11) is 0. The van der Waals surface area contributed by atoms with Gasteiger partial charge in [-0.2, -0.15) is 0 Å². The summed E-state index contributed by atoms with van der Waals surface area (Å²) in [5.41, 5.74) is 11.4. The lowest BCUT2D eigenvalue weighted by atomic mass is 9.99. The molecule has 5 rings (SSSR count). The summed E-state index contributed by atoms with van der Waals surface area (Å²) in [6.07, 6.45) is 10.3. The second kappa shape index (κ2) is 9.15. The predicted octanol–water partition coefficient (Wildman–Crippen LogP) is 8.17. The van der Waals surface area contributed by atoms with Crippen molar-refractivity contribution in [3.63, 3.8) is 0 Å². The van der Waals surface area contributed by atoms with E-state index in [1.807, 2.05) is 42.5 Å². The second-order valence-electron chi connectivity index (χ2n) is 8.03. The van der Waals surface area contributed by atoms with Gasteiger partial charge in [-0.15, -0.1) is 0 Å². The minimum Gasteiger partial charge on any atom is -0.448 e. The van der Waals surface area contributed by atoms with E-state index in [1.54, 1.807) is 0 Å². The van der Waals surface area contributed by atoms with Crippen LogP contribution in [0, 0.1) is 0 Å². The third-order valence-electron chi connectivity index (χ3n) is 6.00. The molecule has 3 aromatic carbocycles. The van der Waals surface area contributed by atoms with Crippen LogP contribution in [-0.2, 0) is 0 Å². The lowest BCUT2D eigenvalue weighted by Crippen LogP contribution is -2.16. The van der Waals surface area contributed by atoms with Crippen LogP contribution in [0.3, 0.4) is 0 Å². The van der Waals surface area contributed by atoms with Gasteiger partial charge in [0.05, 0.1) is 5.69 Å². The molecule has 0 saturated carbocycles. The molecule has 0 atom stereocenters. The number of ether oxygens (including phenoxy) is 1. The fraction of sp³-hybridized carbons (Fsp3) is 0.0312. The number of anilines is 1. The van der Waals surface area contributed by atoms with Gasteiger partial charge in [0.15, 0.2) is 5.76 Å². The molecule has 34 heavy (non-hydrogen) atoms. The zero-order valence-electron chi connectivity index (χ0n) is 19.2. The maximum atomic E-state index is 6.21. The molecule has 2 aliphatic rings. The monoisotopic (exact) mass is 439 g/mol. The molecule has 0 spiro atoms. The van der Waals surface area contributed by atoms with E-state index in [-0.39, 0.29) is 0 Å². The third-order valence-corrected chi connectivity index (χ3v) is 6.00. The fourth-order valence-corrected chi connectivity index (χ4v) is 4.24. The maximum Gasteiger partial charge on any atom is 0.177 e. The number of rotatable bonds is 4. The molecule has 0 radical (unpaired) electrons. The average molecular weight is 440 g/mol. The van der Waals surface area contributed by atoms with Crippen LogP contribution >= 0.6 is 0 Å². The molecular weight excluding hydrogens is 414 g/mol. The van der Waals surface area contributed by atoms with Gasteiger partial charge in [-0.1, -0.05) is 85.6 Å². The van der Waals surface area contributed by atoms with Crippen molar-refractivity contribution in [3.8, 4) is 5.75 Å². The highest BCUT2D eigenvalue weighted by molar-refractivity contribution is 5.91. The Morgan fingerprint density at radius 2 is 1.62 bits per heavy atom. The zero-order valence-corrected chi connectivity index (χ0v) is 19.2. The fourth-order valence-electron chi connectivity index (χ4n) is 4.24. The van der Waals surface area contributed by atoms with Gasteiger partial charge in [0.1, 0.15) is 5.75 Å². The van der Waals surface area contributed by atoms with Crippen molar-refractivity contribution in [1.29, 1.82) is 0 Å². The van der Waals surface area contributed by atoms with Crippen molar-refractivity contribution >= 4 is 22.4 Å². The Morgan fingerprint density at radius 3 is 2.38 bits per heavy atom. The van der Waals surface area contributed by atoms with E-state index in [0.29, 0.717) is 5.76 Å². The number of benzene rings is 3. The highest BCUT2D eigenvalue weighted by Crippen LogP contribution is 2.40. The molecule has 0 amide bonds. The summed E-state index contributed by atoms with van der Waals surface area (Å²) in [6, 6.07) is 26.6. The predicted molar refractivity (Wildman–Crippen MR) is 143 cm³/mol. The first-order valence-electron chi connectivity index (χ1n) is 11.3. The Labute approximate surface area is 201 Å². The van der Waals surface area contributed by atoms with E-state index in [0.717, 1.165) is 50.5 Å². The van der Waals surface area contributed by atoms with Crippen molar-refractivity contribution in [2.24, 2.45) is 0 Å². The molecule has 2 heterocycles. The number of para-hydroxylation sites is 2. The van der Waals surface area contributed by atoms with E-state index >= 15 is 0 Å². The first kappa shape index (κ1) is 21.3. The van der Waals surface area contributed by atoms with Crippen LogP contribution < -0.4 is 9.64 Å². The molecule has 2 nitrogen and oxygen atoms in total. The highest BCUT2D eigenvalue weighted by atomic mass is 16.5. The number of hydrogen-bond acceptors (Lipinski definition) is 2. The van der Waals surface area contributed by atoms with E-state index in [1.165, 1.54) is 0 Å². The van der Waals surface area contributed by atoms with Gasteiger partial charge >= 0.3 is 0 Å². The van der Waals surface area contributed by atoms with Crippen molar-refractivity contribution in [2.45, 2.75) is 6.92 Å². The first-order valence-corrected chi connectivity index (χ1v) is 11.3. The summed E-state index contributed by atoms with van der Waals surface area (Å²) in [5, 5.41) is 0. The number of hydrogen-bond donors (Lipinski definition) is 0. The van der Waals surface area contributed by atoms with Crippen LogP contribution in [0.4, 0.5) is 5.69 Å². The van der Waals surface area contributed by atoms with Gasteiger partial charge in [-0.05, 0) is 54.5 Å². The van der Waals surface area contributed by atoms with E-state index < -0.39 is 0 Å². The molecule has 2 aliphatic heterocycles. The Bertz CT molecular complexity index is 1440. The van der Waals surface area contributed by atoms with Crippen LogP contribution in [0.15, 0.2) is 140 Å². The molecular formula is C32H25NO. The summed E-state index contributed by atoms with van der Waals surface area (Å²) in [6.45, 7) is 10.6. The largest absolute Gasteiger partial charge is 0.448 e. The number of allylic oxidation sites excluding steroid dienone is 6. The molecule has 0 aromatic heterocycles. The van der Waals surface area contributed by atoms with Crippen molar-refractivity contribution in [3.05, 3.63) is 156 Å². The van der Waals surface area contributed by atoms with Crippen LogP contribution in [0.1, 0.15) is 23.6 Å². The zero-order chi connectivity index (χ0) is 23.5. The summed E-state index contributed by atoms with van der Waals surface area (Å²) in [4.78, 5) is 2.15. The normalized spacial score (nSPS) is 16.0. The molecule has 2 bridgehead atoms. The first-order chi connectivity index (χ1) is 16.7. The Hall–Kier alpha value is -4.52. The van der Waals surface area contributed by atoms with Gasteiger partial charge in [0, 0.05) is 34.2 Å². The molecule has 0 saturated heterocycles. The summed E-state index contributed by atoms with van der Waals surface area (Å²) in [5.74, 6) is 1.44. The van der Waals surface area contributed by atoms with E-state index in [4.69, 9.17) is 4.74 Å². The van der Waals surface area contributed by atoms with Crippen LogP contribution in [0.2, 0.25) is 0 Å². The third kappa shape index (κ3) is 3.88. The molecule has 0 aliphatic carbocycles. The SMILES string of the molecule is C=C/C(=C\C(=C/C)c1ccccc1)N1/C=C\C2=C=C(Oc3ccccc32)C(=C)c2ccccc21. The van der Waals surface area contributed by atoms with Gasteiger partial charge in [0.25, 0.3) is 0 Å². The minimum atomic E-state index is 0.634. The Balaban J connectivity index is 1.69. The lowest BCUT2D eigenvalue weighted by Gasteiger charge is -2.25. The second-order valence-corrected chi connectivity index (χ2v) is 8.03. The topological polar surface area (TPSA) is 12.5 Å². The molecule has 0 N–H and O–H groups in total. The van der Waals surface area contributed by atoms with Crippen LogP contribution in [0.25, 0.3) is 16.7 Å².